The van der Waals surface area contributed by atoms with Crippen LogP contribution in [0.3, 0.4) is 0 Å². The first kappa shape index (κ1) is 20.0. The third kappa shape index (κ3) is 5.33. The van der Waals surface area contributed by atoms with Crippen molar-refractivity contribution in [3.05, 3.63) is 23.2 Å². The van der Waals surface area contributed by atoms with Crippen LogP contribution in [0.15, 0.2) is 23.1 Å². The Morgan fingerprint density at radius 2 is 1.96 bits per heavy atom. The summed E-state index contributed by atoms with van der Waals surface area (Å²) in [5, 5.41) is 3.62. The molecule has 1 aromatic rings. The molecule has 2 rings (SSSR count). The highest BCUT2D eigenvalue weighted by Crippen LogP contribution is 2.28. The van der Waals surface area contributed by atoms with Crippen molar-refractivity contribution in [1.29, 1.82) is 0 Å². The van der Waals surface area contributed by atoms with E-state index in [0.717, 1.165) is 6.42 Å². The zero-order chi connectivity index (χ0) is 18.4. The minimum Gasteiger partial charge on any atom is -0.469 e. The fourth-order valence-electron chi connectivity index (χ4n) is 2.97. The molecule has 1 aliphatic rings. The fourth-order valence-corrected chi connectivity index (χ4v) is 4.48. The van der Waals surface area contributed by atoms with E-state index in [1.807, 2.05) is 6.92 Å². The molecule has 6 nitrogen and oxygen atoms in total. The molecular formula is C17H25ClN2O4S. The Morgan fingerprint density at radius 1 is 1.28 bits per heavy atom. The molecule has 2 N–H and O–H groups in total. The maximum atomic E-state index is 12.6. The Labute approximate surface area is 154 Å². The molecule has 0 saturated heterocycles. The monoisotopic (exact) mass is 388 g/mol. The standard InChI is InChI=1S/C17H25ClN2O4S/c1-3-10-19-16-11-14(8-9-15(16)18)25(22,23)20-13-6-4-12(5-7-13)17(21)24-2/h8-9,11-13,19-20H,3-7,10H2,1-2H3. The number of nitrogens with one attached hydrogen (secondary N) is 2. The first-order valence-corrected chi connectivity index (χ1v) is 10.4. The fraction of sp³-hybridized carbons (Fsp3) is 0.588. The highest BCUT2D eigenvalue weighted by Gasteiger charge is 2.29. The number of carbonyl (C=O) groups is 1. The van der Waals surface area contributed by atoms with Crippen molar-refractivity contribution in [2.45, 2.75) is 50.0 Å². The van der Waals surface area contributed by atoms with Gasteiger partial charge in [0.05, 0.1) is 28.6 Å². The van der Waals surface area contributed by atoms with Crippen molar-refractivity contribution in [1.82, 2.24) is 4.72 Å². The van der Waals surface area contributed by atoms with Crippen LogP contribution in [0.2, 0.25) is 5.02 Å². The molecule has 25 heavy (non-hydrogen) atoms. The number of ether oxygens (including phenoxy) is 1. The van der Waals surface area contributed by atoms with Crippen molar-refractivity contribution in [2.75, 3.05) is 19.0 Å². The Hall–Kier alpha value is -1.31. The van der Waals surface area contributed by atoms with Crippen molar-refractivity contribution >= 4 is 33.3 Å². The van der Waals surface area contributed by atoms with Crippen molar-refractivity contribution in [2.24, 2.45) is 5.92 Å². The molecule has 0 aliphatic heterocycles. The first-order chi connectivity index (χ1) is 11.9. The maximum Gasteiger partial charge on any atom is 0.308 e. The van der Waals surface area contributed by atoms with Gasteiger partial charge >= 0.3 is 5.97 Å². The summed E-state index contributed by atoms with van der Waals surface area (Å²) < 4.78 is 32.8. The van der Waals surface area contributed by atoms with Crippen LogP contribution in [-0.4, -0.2) is 34.1 Å². The average molecular weight is 389 g/mol. The lowest BCUT2D eigenvalue weighted by atomic mass is 9.86. The normalized spacial score (nSPS) is 20.9. The summed E-state index contributed by atoms with van der Waals surface area (Å²) in [5.74, 6) is -0.350. The van der Waals surface area contributed by atoms with E-state index in [2.05, 4.69) is 10.0 Å². The van der Waals surface area contributed by atoms with Crippen LogP contribution >= 0.6 is 11.6 Å². The SMILES string of the molecule is CCCNc1cc(S(=O)(=O)NC2CCC(C(=O)OC)CC2)ccc1Cl. The number of esters is 1. The zero-order valence-electron chi connectivity index (χ0n) is 14.5. The maximum absolute atomic E-state index is 12.6. The van der Waals surface area contributed by atoms with Gasteiger partial charge in [0, 0.05) is 12.6 Å². The quantitative estimate of drug-likeness (QED) is 0.701. The van der Waals surface area contributed by atoms with E-state index in [1.54, 1.807) is 12.1 Å². The van der Waals surface area contributed by atoms with Gasteiger partial charge in [0.2, 0.25) is 10.0 Å². The second kappa shape index (κ2) is 8.87. The summed E-state index contributed by atoms with van der Waals surface area (Å²) in [6.07, 6.45) is 3.41. The second-order valence-electron chi connectivity index (χ2n) is 6.26. The lowest BCUT2D eigenvalue weighted by molar-refractivity contribution is -0.146. The topological polar surface area (TPSA) is 84.5 Å². The van der Waals surface area contributed by atoms with Gasteiger partial charge in [-0.1, -0.05) is 18.5 Å². The minimum atomic E-state index is -3.63. The smallest absolute Gasteiger partial charge is 0.308 e. The number of sulfonamides is 1. The van der Waals surface area contributed by atoms with Crippen LogP contribution in [0.1, 0.15) is 39.0 Å². The van der Waals surface area contributed by atoms with Crippen molar-refractivity contribution < 1.29 is 17.9 Å². The molecule has 1 aliphatic carbocycles. The molecule has 0 bridgehead atoms. The minimum absolute atomic E-state index is 0.133. The van der Waals surface area contributed by atoms with Gasteiger partial charge in [-0.15, -0.1) is 0 Å². The summed E-state index contributed by atoms with van der Waals surface area (Å²) in [7, 11) is -2.26. The van der Waals surface area contributed by atoms with E-state index in [9.17, 15) is 13.2 Å². The average Bonchev–Trinajstić information content (AvgIpc) is 2.60. The van der Waals surface area contributed by atoms with Crippen molar-refractivity contribution in [3.8, 4) is 0 Å². The largest absolute Gasteiger partial charge is 0.469 e. The number of rotatable bonds is 7. The molecular weight excluding hydrogens is 364 g/mol. The highest BCUT2D eigenvalue weighted by atomic mass is 35.5. The van der Waals surface area contributed by atoms with Crippen LogP contribution in [0.25, 0.3) is 0 Å². The first-order valence-electron chi connectivity index (χ1n) is 8.51. The molecule has 0 atom stereocenters. The Bertz CT molecular complexity index is 701. The van der Waals surface area contributed by atoms with Crippen LogP contribution in [-0.2, 0) is 19.6 Å². The highest BCUT2D eigenvalue weighted by molar-refractivity contribution is 7.89. The van der Waals surface area contributed by atoms with Gasteiger partial charge in [-0.25, -0.2) is 13.1 Å². The number of hydrogen-bond donors (Lipinski definition) is 2. The Morgan fingerprint density at radius 3 is 2.56 bits per heavy atom. The van der Waals surface area contributed by atoms with Crippen molar-refractivity contribution in [3.63, 3.8) is 0 Å². The number of methoxy groups -OCH3 is 1. The Kier molecular flexibility index (Phi) is 7.10. The van der Waals surface area contributed by atoms with Crippen LogP contribution in [0.4, 0.5) is 5.69 Å². The zero-order valence-corrected chi connectivity index (χ0v) is 16.1. The summed E-state index contributed by atoms with van der Waals surface area (Å²) in [6, 6.07) is 4.47. The van der Waals surface area contributed by atoms with Crippen LogP contribution < -0.4 is 10.0 Å². The molecule has 0 radical (unpaired) electrons. The Balaban J connectivity index is 2.03. The number of hydrogen-bond acceptors (Lipinski definition) is 5. The number of carbonyl (C=O) groups excluding carboxylic acids is 1. The molecule has 0 spiro atoms. The molecule has 1 saturated carbocycles. The molecule has 0 amide bonds. The van der Waals surface area contributed by atoms with Gasteiger partial charge in [0.15, 0.2) is 0 Å². The number of halogens is 1. The number of anilines is 1. The van der Waals surface area contributed by atoms with Crippen LogP contribution in [0, 0.1) is 5.92 Å². The summed E-state index contributed by atoms with van der Waals surface area (Å²) in [5.41, 5.74) is 0.612. The van der Waals surface area contributed by atoms with Gasteiger partial charge < -0.3 is 10.1 Å². The van der Waals surface area contributed by atoms with Gasteiger partial charge in [-0.05, 0) is 50.3 Å². The van der Waals surface area contributed by atoms with Gasteiger partial charge in [-0.2, -0.15) is 0 Å². The molecule has 0 heterocycles. The lowest BCUT2D eigenvalue weighted by Gasteiger charge is -2.27. The second-order valence-corrected chi connectivity index (χ2v) is 8.38. The molecule has 0 aromatic heterocycles. The lowest BCUT2D eigenvalue weighted by Crippen LogP contribution is -2.38. The summed E-state index contributed by atoms with van der Waals surface area (Å²) >= 11 is 6.11. The van der Waals surface area contributed by atoms with E-state index < -0.39 is 10.0 Å². The molecule has 8 heteroatoms. The van der Waals surface area contributed by atoms with E-state index in [4.69, 9.17) is 16.3 Å². The van der Waals surface area contributed by atoms with E-state index in [0.29, 0.717) is 42.9 Å². The third-order valence-corrected chi connectivity index (χ3v) is 6.24. The van der Waals surface area contributed by atoms with Gasteiger partial charge in [0.25, 0.3) is 0 Å². The molecule has 0 unspecified atom stereocenters. The van der Waals surface area contributed by atoms with E-state index in [1.165, 1.54) is 13.2 Å². The van der Waals surface area contributed by atoms with E-state index >= 15 is 0 Å². The number of benzene rings is 1. The summed E-state index contributed by atoms with van der Waals surface area (Å²) in [6.45, 7) is 2.74. The predicted molar refractivity (Wildman–Crippen MR) is 98.3 cm³/mol. The predicted octanol–water partition coefficient (Wildman–Crippen LogP) is 3.17. The third-order valence-electron chi connectivity index (χ3n) is 4.40. The molecule has 140 valence electrons. The van der Waals surface area contributed by atoms with Gasteiger partial charge in [-0.3, -0.25) is 4.79 Å². The molecule has 1 fully saturated rings. The van der Waals surface area contributed by atoms with Gasteiger partial charge in [0.1, 0.15) is 0 Å². The van der Waals surface area contributed by atoms with E-state index in [-0.39, 0.29) is 22.8 Å². The molecule has 1 aromatic carbocycles. The van der Waals surface area contributed by atoms with Crippen LogP contribution in [0.5, 0.6) is 0 Å². The summed E-state index contributed by atoms with van der Waals surface area (Å²) in [4.78, 5) is 11.7.